The zero-order valence-corrected chi connectivity index (χ0v) is 11.3. The van der Waals surface area contributed by atoms with Gasteiger partial charge in [0.2, 0.25) is 0 Å². The quantitative estimate of drug-likeness (QED) is 0.612. The van der Waals surface area contributed by atoms with E-state index in [2.05, 4.69) is 17.0 Å². The number of benzene rings is 1. The van der Waals surface area contributed by atoms with E-state index in [1.54, 1.807) is 0 Å². The van der Waals surface area contributed by atoms with Crippen LogP contribution in [0.5, 0.6) is 0 Å². The van der Waals surface area contributed by atoms with Gasteiger partial charge in [0.25, 0.3) is 0 Å². The number of hydrogen-bond donors (Lipinski definition) is 0. The molecular weight excluding hydrogens is 266 g/mol. The Labute approximate surface area is 118 Å². The van der Waals surface area contributed by atoms with Crippen LogP contribution in [0.25, 0.3) is 0 Å². The molecule has 0 aliphatic carbocycles. The topological polar surface area (TPSA) is 46.6 Å². The second kappa shape index (κ2) is 5.31. The third-order valence-corrected chi connectivity index (χ3v) is 3.80. The smallest absolute Gasteiger partial charge is 0.321 e. The highest BCUT2D eigenvalue weighted by atomic mass is 35.5. The summed E-state index contributed by atoms with van der Waals surface area (Å²) in [5.74, 6) is -0.704. The van der Waals surface area contributed by atoms with E-state index in [1.807, 2.05) is 18.2 Å². The zero-order valence-electron chi connectivity index (χ0n) is 10.5. The molecule has 2 aliphatic rings. The zero-order chi connectivity index (χ0) is 12.6. The van der Waals surface area contributed by atoms with E-state index >= 15 is 0 Å². The second-order valence-corrected chi connectivity index (χ2v) is 5.16. The minimum Gasteiger partial charge on any atom is -0.393 e. The van der Waals surface area contributed by atoms with Crippen molar-refractivity contribution in [3.8, 4) is 0 Å². The van der Waals surface area contributed by atoms with Crippen LogP contribution in [0.3, 0.4) is 0 Å². The van der Waals surface area contributed by atoms with Gasteiger partial charge in [0, 0.05) is 13.1 Å². The van der Waals surface area contributed by atoms with Crippen molar-refractivity contribution in [2.45, 2.75) is 19.4 Å². The molecule has 0 radical (unpaired) electrons. The number of ether oxygens (including phenoxy) is 1. The van der Waals surface area contributed by atoms with Crippen LogP contribution in [0.2, 0.25) is 0 Å². The van der Waals surface area contributed by atoms with Crippen LogP contribution in [0.15, 0.2) is 30.3 Å². The minimum atomic E-state index is -0.564. The lowest BCUT2D eigenvalue weighted by Gasteiger charge is -2.19. The van der Waals surface area contributed by atoms with E-state index < -0.39 is 5.41 Å². The molecule has 1 atom stereocenters. The fraction of sp³-hybridized carbons (Fsp3) is 0.429. The maximum absolute atomic E-state index is 11.7. The number of hydrogen-bond acceptors (Lipinski definition) is 4. The van der Waals surface area contributed by atoms with Gasteiger partial charge in [0.1, 0.15) is 0 Å². The van der Waals surface area contributed by atoms with Gasteiger partial charge in [-0.25, -0.2) is 0 Å². The monoisotopic (exact) mass is 281 g/mol. The van der Waals surface area contributed by atoms with Gasteiger partial charge in [-0.05, 0) is 18.5 Å². The average Bonchev–Trinajstić information content (AvgIpc) is 2.86. The number of esters is 2. The number of nitrogens with zero attached hydrogens (tertiary/aromatic N) is 1. The van der Waals surface area contributed by atoms with Crippen molar-refractivity contribution in [3.63, 3.8) is 0 Å². The van der Waals surface area contributed by atoms with Crippen molar-refractivity contribution in [1.29, 1.82) is 0 Å². The summed E-state index contributed by atoms with van der Waals surface area (Å²) >= 11 is 0. The van der Waals surface area contributed by atoms with Gasteiger partial charge in [-0.2, -0.15) is 0 Å². The first-order valence-electron chi connectivity index (χ1n) is 6.19. The highest BCUT2D eigenvalue weighted by Crippen LogP contribution is 2.40. The number of likely N-dealkylation sites (tertiary alicyclic amines) is 1. The van der Waals surface area contributed by atoms with E-state index in [-0.39, 0.29) is 30.8 Å². The van der Waals surface area contributed by atoms with Gasteiger partial charge >= 0.3 is 11.9 Å². The van der Waals surface area contributed by atoms with Gasteiger partial charge in [0.15, 0.2) is 0 Å². The molecule has 0 N–H and O–H groups in total. The van der Waals surface area contributed by atoms with Crippen LogP contribution >= 0.6 is 12.4 Å². The first kappa shape index (κ1) is 14.0. The molecule has 0 aromatic heterocycles. The van der Waals surface area contributed by atoms with E-state index in [9.17, 15) is 9.59 Å². The Bertz CT molecular complexity index is 491. The molecule has 2 saturated heterocycles. The third kappa shape index (κ3) is 2.65. The largest absolute Gasteiger partial charge is 0.393 e. The summed E-state index contributed by atoms with van der Waals surface area (Å²) in [5.41, 5.74) is 0.665. The first-order chi connectivity index (χ1) is 8.68. The molecule has 1 spiro atoms. The molecule has 0 saturated carbocycles. The van der Waals surface area contributed by atoms with Crippen molar-refractivity contribution in [1.82, 2.24) is 4.90 Å². The molecule has 2 heterocycles. The lowest BCUT2D eigenvalue weighted by Crippen LogP contribution is -2.30. The highest BCUT2D eigenvalue weighted by molar-refractivity contribution is 5.97. The molecule has 0 amide bonds. The summed E-state index contributed by atoms with van der Waals surface area (Å²) in [7, 11) is 0. The summed E-state index contributed by atoms with van der Waals surface area (Å²) in [4.78, 5) is 25.2. The lowest BCUT2D eigenvalue weighted by atomic mass is 9.86. The maximum Gasteiger partial charge on any atom is 0.321 e. The van der Waals surface area contributed by atoms with E-state index in [4.69, 9.17) is 4.74 Å². The number of cyclic esters (lactones) is 2. The highest BCUT2D eigenvalue weighted by Gasteiger charge is 2.52. The molecule has 102 valence electrons. The Morgan fingerprint density at radius 1 is 1.21 bits per heavy atom. The summed E-state index contributed by atoms with van der Waals surface area (Å²) in [5, 5.41) is 0. The van der Waals surface area contributed by atoms with Crippen molar-refractivity contribution >= 4 is 24.3 Å². The molecule has 2 fully saturated rings. The second-order valence-electron chi connectivity index (χ2n) is 5.16. The molecular formula is C14H16ClNO3. The van der Waals surface area contributed by atoms with Crippen molar-refractivity contribution < 1.29 is 14.3 Å². The van der Waals surface area contributed by atoms with Gasteiger partial charge in [-0.3, -0.25) is 14.5 Å². The normalized spacial score (nSPS) is 26.5. The molecule has 4 nitrogen and oxygen atoms in total. The average molecular weight is 282 g/mol. The first-order valence-corrected chi connectivity index (χ1v) is 6.19. The van der Waals surface area contributed by atoms with Crippen molar-refractivity contribution in [2.24, 2.45) is 5.41 Å². The lowest BCUT2D eigenvalue weighted by molar-refractivity contribution is -0.154. The van der Waals surface area contributed by atoms with Gasteiger partial charge < -0.3 is 4.74 Å². The molecule has 1 aromatic carbocycles. The van der Waals surface area contributed by atoms with Gasteiger partial charge in [-0.1, -0.05) is 30.3 Å². The van der Waals surface area contributed by atoms with E-state index in [1.165, 1.54) is 5.56 Å². The third-order valence-electron chi connectivity index (χ3n) is 3.80. The van der Waals surface area contributed by atoms with Crippen LogP contribution in [0.4, 0.5) is 0 Å². The fourth-order valence-electron chi connectivity index (χ4n) is 2.84. The predicted molar refractivity (Wildman–Crippen MR) is 71.7 cm³/mol. The number of halogens is 1. The van der Waals surface area contributed by atoms with Crippen molar-refractivity contribution in [2.75, 3.05) is 13.1 Å². The van der Waals surface area contributed by atoms with Gasteiger partial charge in [0.05, 0.1) is 11.8 Å². The van der Waals surface area contributed by atoms with Crippen LogP contribution in [-0.2, 0) is 20.9 Å². The summed E-state index contributed by atoms with van der Waals surface area (Å²) in [6.07, 6.45) is 0.974. The number of carbonyl (C=O) groups is 2. The summed E-state index contributed by atoms with van der Waals surface area (Å²) in [6, 6.07) is 10.2. The molecule has 19 heavy (non-hydrogen) atoms. The Kier molecular flexibility index (Phi) is 3.92. The standard InChI is InChI=1S/C14H15NO3.ClH/c16-12-8-14(13(17)18-12)6-7-15(10-14)9-11-4-2-1-3-5-11;/h1-5H,6-10H2;1H. The molecule has 0 bridgehead atoms. The Morgan fingerprint density at radius 2 is 1.95 bits per heavy atom. The molecule has 1 aromatic rings. The van der Waals surface area contributed by atoms with Crippen LogP contribution in [-0.4, -0.2) is 29.9 Å². The Morgan fingerprint density at radius 3 is 2.58 bits per heavy atom. The Hall–Kier alpha value is -1.39. The van der Waals surface area contributed by atoms with Gasteiger partial charge in [-0.15, -0.1) is 12.4 Å². The van der Waals surface area contributed by atoms with Crippen LogP contribution in [0, 0.1) is 5.41 Å². The fourth-order valence-corrected chi connectivity index (χ4v) is 2.84. The molecule has 3 rings (SSSR count). The number of rotatable bonds is 2. The minimum absolute atomic E-state index is 0. The molecule has 2 aliphatic heterocycles. The summed E-state index contributed by atoms with van der Waals surface area (Å²) in [6.45, 7) is 2.30. The molecule has 1 unspecified atom stereocenters. The van der Waals surface area contributed by atoms with E-state index in [0.717, 1.165) is 19.5 Å². The Balaban J connectivity index is 0.00000133. The predicted octanol–water partition coefficient (Wildman–Crippen LogP) is 1.77. The SMILES string of the molecule is Cl.O=C1CC2(CCN(Cc3ccccc3)C2)C(=O)O1. The number of carbonyl (C=O) groups excluding carboxylic acids is 2. The van der Waals surface area contributed by atoms with E-state index in [0.29, 0.717) is 6.54 Å². The van der Waals surface area contributed by atoms with Crippen LogP contribution in [0.1, 0.15) is 18.4 Å². The summed E-state index contributed by atoms with van der Waals surface area (Å²) < 4.78 is 4.69. The molecule has 5 heteroatoms. The van der Waals surface area contributed by atoms with Crippen molar-refractivity contribution in [3.05, 3.63) is 35.9 Å². The van der Waals surface area contributed by atoms with Crippen LogP contribution < -0.4 is 0 Å². The maximum atomic E-state index is 11.7.